The monoisotopic (exact) mass is 364 g/mol. The van der Waals surface area contributed by atoms with Crippen LogP contribution in [0.4, 0.5) is 13.2 Å². The van der Waals surface area contributed by atoms with E-state index in [9.17, 15) is 13.2 Å². The summed E-state index contributed by atoms with van der Waals surface area (Å²) in [5, 5.41) is 12.2. The van der Waals surface area contributed by atoms with Crippen molar-refractivity contribution in [3.8, 4) is 5.69 Å². The van der Waals surface area contributed by atoms with Gasteiger partial charge in [0.15, 0.2) is 0 Å². The highest BCUT2D eigenvalue weighted by atomic mass is 32.2. The molecule has 0 saturated heterocycles. The lowest BCUT2D eigenvalue weighted by Gasteiger charge is -2.10. The molecule has 0 fully saturated rings. The standard InChI is InChI=1S/C17H15F3N4S/c1-11-6-7-15(12(2)8-11)24-16(21-22-23-24)25-10-13-4-3-5-14(9-13)17(18,19)20/h3-9H,10H2,1-2H3. The van der Waals surface area contributed by atoms with Gasteiger partial charge in [-0.1, -0.05) is 47.7 Å². The Morgan fingerprint density at radius 2 is 1.88 bits per heavy atom. The normalized spacial score (nSPS) is 11.7. The summed E-state index contributed by atoms with van der Waals surface area (Å²) < 4.78 is 40.0. The van der Waals surface area contributed by atoms with E-state index in [-0.39, 0.29) is 0 Å². The molecule has 0 radical (unpaired) electrons. The van der Waals surface area contributed by atoms with E-state index in [2.05, 4.69) is 15.5 Å². The molecular weight excluding hydrogens is 349 g/mol. The van der Waals surface area contributed by atoms with Crippen LogP contribution in [0.3, 0.4) is 0 Å². The van der Waals surface area contributed by atoms with E-state index in [0.29, 0.717) is 16.5 Å². The third kappa shape index (κ3) is 4.01. The van der Waals surface area contributed by atoms with Crippen molar-refractivity contribution >= 4 is 11.8 Å². The number of rotatable bonds is 4. The van der Waals surface area contributed by atoms with Crippen LogP contribution in [-0.4, -0.2) is 20.2 Å². The Labute approximate surface area is 147 Å². The Morgan fingerprint density at radius 1 is 1.08 bits per heavy atom. The molecule has 0 spiro atoms. The highest BCUT2D eigenvalue weighted by Gasteiger charge is 2.30. The van der Waals surface area contributed by atoms with E-state index >= 15 is 0 Å². The number of benzene rings is 2. The molecule has 3 aromatic rings. The zero-order valence-corrected chi connectivity index (χ0v) is 14.4. The van der Waals surface area contributed by atoms with Crippen LogP contribution in [0.2, 0.25) is 0 Å². The van der Waals surface area contributed by atoms with Crippen LogP contribution in [-0.2, 0) is 11.9 Å². The second-order valence-corrected chi connectivity index (χ2v) is 6.59. The Kier molecular flexibility index (Phi) is 4.80. The Balaban J connectivity index is 1.81. The molecule has 1 heterocycles. The molecule has 8 heteroatoms. The number of aryl methyl sites for hydroxylation is 2. The minimum absolute atomic E-state index is 0.342. The fraction of sp³-hybridized carbons (Fsp3) is 0.235. The number of nitrogens with zero attached hydrogens (tertiary/aromatic N) is 4. The van der Waals surface area contributed by atoms with Crippen molar-refractivity contribution in [3.05, 3.63) is 64.7 Å². The first-order valence-electron chi connectivity index (χ1n) is 7.49. The molecule has 0 saturated carbocycles. The highest BCUT2D eigenvalue weighted by Crippen LogP contribution is 2.31. The molecule has 0 bridgehead atoms. The summed E-state index contributed by atoms with van der Waals surface area (Å²) in [5.74, 6) is 0.342. The topological polar surface area (TPSA) is 43.6 Å². The molecule has 0 unspecified atom stereocenters. The molecule has 130 valence electrons. The predicted octanol–water partition coefficient (Wildman–Crippen LogP) is 4.59. The molecule has 25 heavy (non-hydrogen) atoms. The van der Waals surface area contributed by atoms with E-state index in [4.69, 9.17) is 0 Å². The first-order chi connectivity index (χ1) is 11.8. The quantitative estimate of drug-likeness (QED) is 0.635. The molecule has 1 aromatic heterocycles. The second kappa shape index (κ2) is 6.87. The van der Waals surface area contributed by atoms with Gasteiger partial charge in [-0.05, 0) is 47.5 Å². The summed E-state index contributed by atoms with van der Waals surface area (Å²) in [6.45, 7) is 3.96. The van der Waals surface area contributed by atoms with Crippen molar-refractivity contribution in [2.24, 2.45) is 0 Å². The zero-order chi connectivity index (χ0) is 18.0. The summed E-state index contributed by atoms with van der Waals surface area (Å²) in [7, 11) is 0. The van der Waals surface area contributed by atoms with Crippen LogP contribution in [0.5, 0.6) is 0 Å². The third-order valence-electron chi connectivity index (χ3n) is 3.64. The lowest BCUT2D eigenvalue weighted by atomic mass is 10.1. The van der Waals surface area contributed by atoms with Crippen molar-refractivity contribution in [2.75, 3.05) is 0 Å². The summed E-state index contributed by atoms with van der Waals surface area (Å²) in [6.07, 6.45) is -4.35. The minimum Gasteiger partial charge on any atom is -0.187 e. The van der Waals surface area contributed by atoms with Crippen LogP contribution < -0.4 is 0 Å². The van der Waals surface area contributed by atoms with Crippen LogP contribution in [0.1, 0.15) is 22.3 Å². The Morgan fingerprint density at radius 3 is 2.60 bits per heavy atom. The SMILES string of the molecule is Cc1ccc(-n2nnnc2SCc2cccc(C(F)(F)F)c2)c(C)c1. The molecule has 0 atom stereocenters. The van der Waals surface area contributed by atoms with Crippen molar-refractivity contribution < 1.29 is 13.2 Å². The summed E-state index contributed by atoms with van der Waals surface area (Å²) in [5.41, 5.74) is 2.91. The number of halogens is 3. The summed E-state index contributed by atoms with van der Waals surface area (Å²) in [4.78, 5) is 0. The van der Waals surface area contributed by atoms with Gasteiger partial charge < -0.3 is 0 Å². The number of alkyl halides is 3. The maximum atomic E-state index is 12.8. The molecule has 0 aliphatic rings. The third-order valence-corrected chi connectivity index (χ3v) is 4.63. The molecule has 0 N–H and O–H groups in total. The van der Waals surface area contributed by atoms with Crippen LogP contribution in [0, 0.1) is 13.8 Å². The molecule has 0 amide bonds. The van der Waals surface area contributed by atoms with Gasteiger partial charge in [0, 0.05) is 5.75 Å². The summed E-state index contributed by atoms with van der Waals surface area (Å²) >= 11 is 1.29. The molecular formula is C17H15F3N4S. The second-order valence-electron chi connectivity index (χ2n) is 5.65. The van der Waals surface area contributed by atoms with E-state index in [0.717, 1.165) is 28.9 Å². The van der Waals surface area contributed by atoms with Gasteiger partial charge in [-0.3, -0.25) is 0 Å². The first kappa shape index (κ1) is 17.5. The number of hydrogen-bond acceptors (Lipinski definition) is 4. The maximum Gasteiger partial charge on any atom is 0.416 e. The molecule has 0 aliphatic heterocycles. The molecule has 4 nitrogen and oxygen atoms in total. The van der Waals surface area contributed by atoms with Gasteiger partial charge in [-0.15, -0.1) is 5.10 Å². The highest BCUT2D eigenvalue weighted by molar-refractivity contribution is 7.98. The predicted molar refractivity (Wildman–Crippen MR) is 89.6 cm³/mol. The van der Waals surface area contributed by atoms with Gasteiger partial charge in [0.2, 0.25) is 5.16 Å². The smallest absolute Gasteiger partial charge is 0.187 e. The molecule has 2 aromatic carbocycles. The van der Waals surface area contributed by atoms with Crippen LogP contribution in [0.15, 0.2) is 47.6 Å². The average molecular weight is 364 g/mol. The van der Waals surface area contributed by atoms with E-state index in [1.54, 1.807) is 10.7 Å². The van der Waals surface area contributed by atoms with E-state index in [1.165, 1.54) is 17.8 Å². The number of aromatic nitrogens is 4. The Bertz CT molecular complexity index is 890. The largest absolute Gasteiger partial charge is 0.416 e. The number of tetrazole rings is 1. The van der Waals surface area contributed by atoms with Crippen LogP contribution >= 0.6 is 11.8 Å². The lowest BCUT2D eigenvalue weighted by molar-refractivity contribution is -0.137. The zero-order valence-electron chi connectivity index (χ0n) is 13.6. The van der Waals surface area contributed by atoms with Gasteiger partial charge in [-0.25, -0.2) is 0 Å². The van der Waals surface area contributed by atoms with Crippen molar-refractivity contribution in [2.45, 2.75) is 30.9 Å². The van der Waals surface area contributed by atoms with Crippen molar-refractivity contribution in [1.82, 2.24) is 20.2 Å². The lowest BCUT2D eigenvalue weighted by Crippen LogP contribution is -2.05. The van der Waals surface area contributed by atoms with Crippen molar-refractivity contribution in [1.29, 1.82) is 0 Å². The number of hydrogen-bond donors (Lipinski definition) is 0. The van der Waals surface area contributed by atoms with Gasteiger partial charge in [0.05, 0.1) is 11.3 Å². The summed E-state index contributed by atoms with van der Waals surface area (Å²) in [6, 6.07) is 11.2. The van der Waals surface area contributed by atoms with Crippen LogP contribution in [0.25, 0.3) is 5.69 Å². The fourth-order valence-electron chi connectivity index (χ4n) is 2.45. The fourth-order valence-corrected chi connectivity index (χ4v) is 3.28. The van der Waals surface area contributed by atoms with Gasteiger partial charge >= 0.3 is 6.18 Å². The van der Waals surface area contributed by atoms with E-state index in [1.807, 2.05) is 32.0 Å². The van der Waals surface area contributed by atoms with Crippen molar-refractivity contribution in [3.63, 3.8) is 0 Å². The average Bonchev–Trinajstić information content (AvgIpc) is 3.01. The number of thioether (sulfide) groups is 1. The molecule has 3 rings (SSSR count). The molecule has 0 aliphatic carbocycles. The van der Waals surface area contributed by atoms with Gasteiger partial charge in [0.1, 0.15) is 0 Å². The maximum absolute atomic E-state index is 12.8. The first-order valence-corrected chi connectivity index (χ1v) is 8.48. The van der Waals surface area contributed by atoms with Gasteiger partial charge in [-0.2, -0.15) is 17.9 Å². The van der Waals surface area contributed by atoms with E-state index < -0.39 is 11.7 Å². The minimum atomic E-state index is -4.35. The Hall–Kier alpha value is -2.35. The van der Waals surface area contributed by atoms with Gasteiger partial charge in [0.25, 0.3) is 0 Å².